The Morgan fingerprint density at radius 1 is 1.12 bits per heavy atom. The van der Waals surface area contributed by atoms with Crippen molar-refractivity contribution >= 4 is 0 Å². The molecule has 0 aliphatic carbocycles. The van der Waals surface area contributed by atoms with Crippen LogP contribution in [0.25, 0.3) is 0 Å². The van der Waals surface area contributed by atoms with Crippen LogP contribution >= 0.6 is 0 Å². The minimum atomic E-state index is -0.253. The summed E-state index contributed by atoms with van der Waals surface area (Å²) in [6, 6.07) is 0.426. The van der Waals surface area contributed by atoms with Crippen molar-refractivity contribution in [2.75, 3.05) is 32.7 Å². The molecule has 1 aromatic heterocycles. The highest BCUT2D eigenvalue weighted by Crippen LogP contribution is 2.35. The van der Waals surface area contributed by atoms with E-state index >= 15 is 0 Å². The third-order valence-electron chi connectivity index (χ3n) is 6.05. The van der Waals surface area contributed by atoms with E-state index in [1.807, 2.05) is 11.7 Å². The van der Waals surface area contributed by atoms with Crippen LogP contribution in [0.15, 0.2) is 0 Å². The summed E-state index contributed by atoms with van der Waals surface area (Å²) in [4.78, 5) is 4.92. The molecule has 0 spiro atoms. The maximum atomic E-state index is 10.6. The van der Waals surface area contributed by atoms with E-state index in [4.69, 9.17) is 0 Å². The van der Waals surface area contributed by atoms with E-state index in [0.29, 0.717) is 6.04 Å². The van der Waals surface area contributed by atoms with Crippen molar-refractivity contribution in [3.05, 3.63) is 17.0 Å². The summed E-state index contributed by atoms with van der Waals surface area (Å²) in [6.45, 7) is 11.6. The third-order valence-corrected chi connectivity index (χ3v) is 6.05. The van der Waals surface area contributed by atoms with Crippen molar-refractivity contribution in [1.29, 1.82) is 0 Å². The molecule has 0 unspecified atom stereocenters. The molecule has 2 fully saturated rings. The molecule has 5 heteroatoms. The fraction of sp³-hybridized carbons (Fsp3) is 0.842. The van der Waals surface area contributed by atoms with Crippen LogP contribution in [0.1, 0.15) is 55.6 Å². The van der Waals surface area contributed by atoms with Gasteiger partial charge in [-0.25, -0.2) is 0 Å². The Labute approximate surface area is 146 Å². The van der Waals surface area contributed by atoms with Crippen LogP contribution in [0, 0.1) is 19.8 Å². The van der Waals surface area contributed by atoms with E-state index in [0.717, 1.165) is 44.3 Å². The predicted octanol–water partition coefficient (Wildman–Crippen LogP) is 2.27. The van der Waals surface area contributed by atoms with Crippen LogP contribution in [-0.4, -0.2) is 63.5 Å². The molecule has 1 N–H and O–H groups in total. The van der Waals surface area contributed by atoms with Crippen LogP contribution in [0.4, 0.5) is 0 Å². The third kappa shape index (κ3) is 3.84. The SMILES string of the molecule is Cc1nn(C)c(C)c1[C@H]1CCCN1C[C@H](O)CN1CCC(C)CC1. The lowest BCUT2D eigenvalue weighted by Gasteiger charge is -2.33. The quantitative estimate of drug-likeness (QED) is 0.897. The minimum absolute atomic E-state index is 0.253. The molecular formula is C19H34N4O. The predicted molar refractivity (Wildman–Crippen MR) is 97.1 cm³/mol. The van der Waals surface area contributed by atoms with Crippen molar-refractivity contribution in [2.45, 2.75) is 58.6 Å². The van der Waals surface area contributed by atoms with Gasteiger partial charge in [-0.05, 0) is 65.1 Å². The first kappa shape index (κ1) is 17.9. The van der Waals surface area contributed by atoms with Crippen molar-refractivity contribution in [2.24, 2.45) is 13.0 Å². The van der Waals surface area contributed by atoms with E-state index < -0.39 is 0 Å². The molecule has 2 aliphatic rings. The lowest BCUT2D eigenvalue weighted by molar-refractivity contribution is 0.0575. The first-order valence-corrected chi connectivity index (χ1v) is 9.60. The van der Waals surface area contributed by atoms with E-state index in [2.05, 4.69) is 35.7 Å². The van der Waals surface area contributed by atoms with Crippen LogP contribution in [0.2, 0.25) is 0 Å². The number of rotatable bonds is 5. The fourth-order valence-electron chi connectivity index (χ4n) is 4.51. The zero-order valence-corrected chi connectivity index (χ0v) is 15.8. The molecular weight excluding hydrogens is 300 g/mol. The van der Waals surface area contributed by atoms with Crippen LogP contribution < -0.4 is 0 Å². The summed E-state index contributed by atoms with van der Waals surface area (Å²) in [5.74, 6) is 0.845. The number of aryl methyl sites for hydroxylation is 2. The van der Waals surface area contributed by atoms with E-state index in [1.54, 1.807) is 0 Å². The highest BCUT2D eigenvalue weighted by molar-refractivity contribution is 5.29. The molecule has 24 heavy (non-hydrogen) atoms. The Morgan fingerprint density at radius 2 is 1.83 bits per heavy atom. The largest absolute Gasteiger partial charge is 0.390 e. The molecule has 136 valence electrons. The van der Waals surface area contributed by atoms with Gasteiger partial charge in [0, 0.05) is 37.4 Å². The van der Waals surface area contributed by atoms with Crippen molar-refractivity contribution in [3.63, 3.8) is 0 Å². The monoisotopic (exact) mass is 334 g/mol. The number of piperidine rings is 1. The second-order valence-electron chi connectivity index (χ2n) is 8.00. The molecule has 0 aromatic carbocycles. The summed E-state index contributed by atoms with van der Waals surface area (Å²) in [5.41, 5.74) is 3.80. The summed E-state index contributed by atoms with van der Waals surface area (Å²) >= 11 is 0. The summed E-state index contributed by atoms with van der Waals surface area (Å²) in [5, 5.41) is 15.2. The Bertz CT molecular complexity index is 548. The van der Waals surface area contributed by atoms with Crippen LogP contribution in [0.5, 0.6) is 0 Å². The average molecular weight is 335 g/mol. The molecule has 2 atom stereocenters. The molecule has 0 bridgehead atoms. The minimum Gasteiger partial charge on any atom is -0.390 e. The number of likely N-dealkylation sites (tertiary alicyclic amines) is 2. The van der Waals surface area contributed by atoms with Gasteiger partial charge in [0.1, 0.15) is 0 Å². The highest BCUT2D eigenvalue weighted by atomic mass is 16.3. The number of aliphatic hydroxyl groups excluding tert-OH is 1. The molecule has 1 aromatic rings. The number of hydrogen-bond acceptors (Lipinski definition) is 4. The second kappa shape index (κ2) is 7.54. The molecule has 5 nitrogen and oxygen atoms in total. The van der Waals surface area contributed by atoms with Gasteiger partial charge in [0.2, 0.25) is 0 Å². The first-order chi connectivity index (χ1) is 11.5. The van der Waals surface area contributed by atoms with E-state index in [-0.39, 0.29) is 6.10 Å². The highest BCUT2D eigenvalue weighted by Gasteiger charge is 2.31. The summed E-state index contributed by atoms with van der Waals surface area (Å²) in [7, 11) is 2.03. The van der Waals surface area contributed by atoms with Gasteiger partial charge < -0.3 is 10.0 Å². The standard InChI is InChI=1S/C19H34N4O/c1-14-7-10-22(11-8-14)12-17(24)13-23-9-5-6-18(23)19-15(2)20-21(4)16(19)3/h14,17-18,24H,5-13H2,1-4H3/t17-,18-/m1/s1. The number of aliphatic hydroxyl groups is 1. The van der Waals surface area contributed by atoms with E-state index in [1.165, 1.54) is 36.9 Å². The van der Waals surface area contributed by atoms with Gasteiger partial charge in [-0.3, -0.25) is 9.58 Å². The van der Waals surface area contributed by atoms with E-state index in [9.17, 15) is 5.11 Å². The van der Waals surface area contributed by atoms with Gasteiger partial charge in [0.15, 0.2) is 0 Å². The van der Waals surface area contributed by atoms with Crippen molar-refractivity contribution in [3.8, 4) is 0 Å². The second-order valence-corrected chi connectivity index (χ2v) is 8.00. The van der Waals surface area contributed by atoms with Gasteiger partial charge in [-0.15, -0.1) is 0 Å². The van der Waals surface area contributed by atoms with Gasteiger partial charge in [-0.2, -0.15) is 5.10 Å². The van der Waals surface area contributed by atoms with Crippen LogP contribution in [0.3, 0.4) is 0 Å². The molecule has 2 saturated heterocycles. The maximum absolute atomic E-state index is 10.6. The number of β-amino-alcohol motifs (C(OH)–C–C–N with tert-alkyl or cyclic N) is 1. The normalized spacial score (nSPS) is 25.5. The Balaban J connectivity index is 1.59. The first-order valence-electron chi connectivity index (χ1n) is 9.60. The Morgan fingerprint density at radius 3 is 2.46 bits per heavy atom. The Hall–Kier alpha value is -0.910. The number of hydrogen-bond donors (Lipinski definition) is 1. The lowest BCUT2D eigenvalue weighted by atomic mass is 9.99. The summed E-state index contributed by atoms with van der Waals surface area (Å²) in [6.07, 6.45) is 4.69. The maximum Gasteiger partial charge on any atom is 0.0794 e. The summed E-state index contributed by atoms with van der Waals surface area (Å²) < 4.78 is 1.99. The van der Waals surface area contributed by atoms with Crippen molar-refractivity contribution in [1.82, 2.24) is 19.6 Å². The van der Waals surface area contributed by atoms with Gasteiger partial charge >= 0.3 is 0 Å². The molecule has 0 saturated carbocycles. The van der Waals surface area contributed by atoms with Gasteiger partial charge in [0.25, 0.3) is 0 Å². The number of aromatic nitrogens is 2. The van der Waals surface area contributed by atoms with Crippen molar-refractivity contribution < 1.29 is 5.11 Å². The zero-order valence-electron chi connectivity index (χ0n) is 15.8. The average Bonchev–Trinajstić information content (AvgIpc) is 3.06. The lowest BCUT2D eigenvalue weighted by Crippen LogP contribution is -2.43. The topological polar surface area (TPSA) is 44.5 Å². The zero-order chi connectivity index (χ0) is 17.3. The molecule has 3 rings (SSSR count). The fourth-order valence-corrected chi connectivity index (χ4v) is 4.51. The Kier molecular flexibility index (Phi) is 5.63. The smallest absolute Gasteiger partial charge is 0.0794 e. The van der Waals surface area contributed by atoms with Crippen LogP contribution in [-0.2, 0) is 7.05 Å². The number of nitrogens with zero attached hydrogens (tertiary/aromatic N) is 4. The van der Waals surface area contributed by atoms with Gasteiger partial charge in [0.05, 0.1) is 11.8 Å². The molecule has 3 heterocycles. The molecule has 0 radical (unpaired) electrons. The molecule has 0 amide bonds. The molecule has 2 aliphatic heterocycles. The van der Waals surface area contributed by atoms with Gasteiger partial charge in [-0.1, -0.05) is 6.92 Å².